The number of hydrogen-bond donors (Lipinski definition) is 4. The van der Waals surface area contributed by atoms with Gasteiger partial charge in [-0.1, -0.05) is 41.4 Å². The van der Waals surface area contributed by atoms with E-state index in [1.807, 2.05) is 30.3 Å². The van der Waals surface area contributed by atoms with Crippen LogP contribution >= 0.6 is 23.2 Å². The average Bonchev–Trinajstić information content (AvgIpc) is 3.10. The number of hydrogen-bond acceptors (Lipinski definition) is 7. The van der Waals surface area contributed by atoms with Crippen LogP contribution in [0.2, 0.25) is 10.2 Å². The molecule has 0 amide bonds. The van der Waals surface area contributed by atoms with E-state index in [1.54, 1.807) is 12.1 Å². The molecule has 2 aromatic heterocycles. The van der Waals surface area contributed by atoms with E-state index in [2.05, 4.69) is 35.5 Å². The van der Waals surface area contributed by atoms with Gasteiger partial charge in [-0.2, -0.15) is 10.1 Å². The molecular formula is C18H14Cl2N7O2S-. The summed E-state index contributed by atoms with van der Waals surface area (Å²) in [6.07, 6.45) is 1.47. The first kappa shape index (κ1) is 20.5. The molecule has 9 nitrogen and oxygen atoms in total. The van der Waals surface area contributed by atoms with E-state index >= 15 is 0 Å². The third-order valence-electron chi connectivity index (χ3n) is 4.16. The fourth-order valence-corrected chi connectivity index (χ4v) is 3.38. The number of aromatic nitrogens is 4. The van der Waals surface area contributed by atoms with Crippen LogP contribution in [0.1, 0.15) is 5.56 Å². The number of nitrogens with zero attached hydrogens (tertiary/aromatic N) is 3. The van der Waals surface area contributed by atoms with E-state index in [0.717, 1.165) is 16.6 Å². The maximum Gasteiger partial charge on any atom is 0.229 e. The number of fused-ring (bicyclic) bond motifs is 1. The van der Waals surface area contributed by atoms with Crippen LogP contribution in [0, 0.1) is 0 Å². The van der Waals surface area contributed by atoms with Crippen LogP contribution < -0.4 is 15.4 Å². The Hall–Kier alpha value is -2.76. The Morgan fingerprint density at radius 2 is 1.97 bits per heavy atom. The van der Waals surface area contributed by atoms with Gasteiger partial charge in [0.1, 0.15) is 10.2 Å². The third kappa shape index (κ3) is 4.69. The summed E-state index contributed by atoms with van der Waals surface area (Å²) in [7, 11) is 0. The molecule has 4 aromatic rings. The second-order valence-corrected chi connectivity index (χ2v) is 7.67. The van der Waals surface area contributed by atoms with Crippen molar-refractivity contribution in [1.29, 1.82) is 0 Å². The quantitative estimate of drug-likeness (QED) is 0.305. The standard InChI is InChI=1S/C18H15Cl2N7O2S/c19-13-9-21-18(23-11-5-6-12-15(7-11)26-27-16(12)20)25-17(13)24-14-4-2-1-3-10(14)8-22-30(28)29/h1-7,9,22H,8H2,(H,26,27)(H,28,29)(H2,21,23,24,25)/p-1. The number of para-hydroxylation sites is 1. The Kier molecular flexibility index (Phi) is 6.11. The minimum absolute atomic E-state index is 0.124. The van der Waals surface area contributed by atoms with Crippen LogP contribution in [-0.4, -0.2) is 28.9 Å². The second kappa shape index (κ2) is 8.94. The third-order valence-corrected chi connectivity index (χ3v) is 5.10. The first-order valence-corrected chi connectivity index (χ1v) is 10.4. The Balaban J connectivity index is 1.57. The fraction of sp³-hybridized carbons (Fsp3) is 0.0556. The molecule has 4 rings (SSSR count). The lowest BCUT2D eigenvalue weighted by Crippen LogP contribution is -2.16. The zero-order chi connectivity index (χ0) is 21.1. The van der Waals surface area contributed by atoms with Gasteiger partial charge in [0, 0.05) is 34.6 Å². The SMILES string of the molecule is O=S([O-])NCc1ccccc1Nc1nc(Nc2ccc3c(Cl)[nH]nc3c2)ncc1Cl. The highest BCUT2D eigenvalue weighted by atomic mass is 35.5. The zero-order valence-corrected chi connectivity index (χ0v) is 17.5. The first-order valence-electron chi connectivity index (χ1n) is 8.60. The van der Waals surface area contributed by atoms with Gasteiger partial charge in [0.05, 0.1) is 11.7 Å². The van der Waals surface area contributed by atoms with Crippen LogP contribution in [0.5, 0.6) is 0 Å². The van der Waals surface area contributed by atoms with Crippen molar-refractivity contribution < 1.29 is 8.76 Å². The molecule has 4 N–H and O–H groups in total. The molecule has 0 saturated carbocycles. The van der Waals surface area contributed by atoms with Crippen molar-refractivity contribution in [3.05, 3.63) is 64.4 Å². The van der Waals surface area contributed by atoms with Gasteiger partial charge >= 0.3 is 0 Å². The summed E-state index contributed by atoms with van der Waals surface area (Å²) in [6.45, 7) is 0.124. The highest BCUT2D eigenvalue weighted by Crippen LogP contribution is 2.28. The van der Waals surface area contributed by atoms with Gasteiger partial charge in [-0.25, -0.2) is 9.71 Å². The molecule has 0 aliphatic heterocycles. The molecule has 0 fully saturated rings. The van der Waals surface area contributed by atoms with E-state index in [-0.39, 0.29) is 6.54 Å². The first-order chi connectivity index (χ1) is 14.5. The predicted octanol–water partition coefficient (Wildman–Crippen LogP) is 4.03. The normalized spacial score (nSPS) is 12.1. The lowest BCUT2D eigenvalue weighted by Gasteiger charge is -2.14. The summed E-state index contributed by atoms with van der Waals surface area (Å²) in [5.74, 6) is 0.688. The van der Waals surface area contributed by atoms with E-state index in [1.165, 1.54) is 6.20 Å². The van der Waals surface area contributed by atoms with E-state index < -0.39 is 11.3 Å². The van der Waals surface area contributed by atoms with Gasteiger partial charge in [0.15, 0.2) is 5.82 Å². The number of rotatable bonds is 7. The van der Waals surface area contributed by atoms with Crippen LogP contribution in [0.4, 0.5) is 23.1 Å². The summed E-state index contributed by atoms with van der Waals surface area (Å²) in [5, 5.41) is 14.7. The second-order valence-electron chi connectivity index (χ2n) is 6.12. The van der Waals surface area contributed by atoms with Gasteiger partial charge in [0.2, 0.25) is 5.95 Å². The van der Waals surface area contributed by atoms with Gasteiger partial charge in [-0.15, -0.1) is 0 Å². The van der Waals surface area contributed by atoms with Crippen LogP contribution in [0.15, 0.2) is 48.7 Å². The zero-order valence-electron chi connectivity index (χ0n) is 15.1. The summed E-state index contributed by atoms with van der Waals surface area (Å²) in [6, 6.07) is 12.7. The summed E-state index contributed by atoms with van der Waals surface area (Å²) in [4.78, 5) is 8.62. The van der Waals surface area contributed by atoms with Crippen molar-refractivity contribution in [3.63, 3.8) is 0 Å². The maximum atomic E-state index is 10.8. The number of benzene rings is 2. The molecule has 154 valence electrons. The number of aromatic amines is 1. The predicted molar refractivity (Wildman–Crippen MR) is 117 cm³/mol. The van der Waals surface area contributed by atoms with Gasteiger partial charge in [-0.3, -0.25) is 9.31 Å². The van der Waals surface area contributed by atoms with Crippen molar-refractivity contribution in [1.82, 2.24) is 24.9 Å². The number of halogens is 2. The smallest absolute Gasteiger partial charge is 0.229 e. The Bertz CT molecular complexity index is 1230. The monoisotopic (exact) mass is 462 g/mol. The van der Waals surface area contributed by atoms with Crippen LogP contribution in [0.3, 0.4) is 0 Å². The minimum atomic E-state index is -2.37. The molecule has 30 heavy (non-hydrogen) atoms. The fourth-order valence-electron chi connectivity index (χ4n) is 2.76. The Morgan fingerprint density at radius 1 is 1.13 bits per heavy atom. The number of nitrogens with one attached hydrogen (secondary N) is 4. The summed E-state index contributed by atoms with van der Waals surface area (Å²) < 4.78 is 23.9. The lowest BCUT2D eigenvalue weighted by atomic mass is 10.2. The topological polar surface area (TPSA) is 131 Å². The lowest BCUT2D eigenvalue weighted by molar-refractivity contribution is 0.522. The van der Waals surface area contributed by atoms with E-state index in [0.29, 0.717) is 33.1 Å². The molecule has 0 aliphatic carbocycles. The molecule has 0 bridgehead atoms. The van der Waals surface area contributed by atoms with E-state index in [9.17, 15) is 8.76 Å². The van der Waals surface area contributed by atoms with Crippen molar-refractivity contribution in [2.75, 3.05) is 10.6 Å². The largest absolute Gasteiger partial charge is 0.760 e. The molecule has 2 heterocycles. The molecular weight excluding hydrogens is 449 g/mol. The number of anilines is 4. The molecule has 12 heteroatoms. The molecule has 0 spiro atoms. The molecule has 2 aromatic carbocycles. The highest BCUT2D eigenvalue weighted by Gasteiger charge is 2.10. The maximum absolute atomic E-state index is 10.8. The van der Waals surface area contributed by atoms with Crippen molar-refractivity contribution in [3.8, 4) is 0 Å². The van der Waals surface area contributed by atoms with Crippen molar-refractivity contribution in [2.24, 2.45) is 0 Å². The Labute approximate surface area is 183 Å². The van der Waals surface area contributed by atoms with Crippen molar-refractivity contribution >= 4 is 68.5 Å². The average molecular weight is 463 g/mol. The Morgan fingerprint density at radius 3 is 2.80 bits per heavy atom. The van der Waals surface area contributed by atoms with Gasteiger partial charge < -0.3 is 15.2 Å². The molecule has 1 unspecified atom stereocenters. The molecule has 0 saturated heterocycles. The summed E-state index contributed by atoms with van der Waals surface area (Å²) in [5.41, 5.74) is 2.82. The van der Waals surface area contributed by atoms with Gasteiger partial charge in [0.25, 0.3) is 0 Å². The molecule has 0 radical (unpaired) electrons. The minimum Gasteiger partial charge on any atom is -0.760 e. The van der Waals surface area contributed by atoms with Crippen LogP contribution in [0.25, 0.3) is 10.9 Å². The van der Waals surface area contributed by atoms with Gasteiger partial charge in [-0.05, 0) is 29.8 Å². The van der Waals surface area contributed by atoms with Crippen LogP contribution in [-0.2, 0) is 17.8 Å². The van der Waals surface area contributed by atoms with E-state index in [4.69, 9.17) is 23.2 Å². The highest BCUT2D eigenvalue weighted by molar-refractivity contribution is 7.77. The molecule has 0 aliphatic rings. The number of H-pyrrole nitrogens is 1. The molecule has 1 atom stereocenters. The van der Waals surface area contributed by atoms with Crippen molar-refractivity contribution in [2.45, 2.75) is 6.54 Å². The summed E-state index contributed by atoms with van der Waals surface area (Å²) >= 11 is 9.91.